The van der Waals surface area contributed by atoms with Crippen molar-refractivity contribution in [3.05, 3.63) is 35.9 Å². The molecule has 1 aromatic carbocycles. The summed E-state index contributed by atoms with van der Waals surface area (Å²) in [6.07, 6.45) is 9.09. The zero-order valence-electron chi connectivity index (χ0n) is 11.4. The Morgan fingerprint density at radius 2 is 1.89 bits per heavy atom. The molecule has 0 saturated heterocycles. The van der Waals surface area contributed by atoms with Crippen LogP contribution >= 0.6 is 11.6 Å². The number of halogens is 1. The zero-order valence-corrected chi connectivity index (χ0v) is 12.2. The van der Waals surface area contributed by atoms with Crippen molar-refractivity contribution >= 4 is 11.6 Å². The lowest BCUT2D eigenvalue weighted by molar-refractivity contribution is 0.304. The lowest BCUT2D eigenvalue weighted by atomic mass is 9.76. The molecular weight excluding hydrogens is 240 g/mol. The Morgan fingerprint density at radius 1 is 1.11 bits per heavy atom. The van der Waals surface area contributed by atoms with E-state index in [2.05, 4.69) is 37.3 Å². The van der Waals surface area contributed by atoms with Gasteiger partial charge in [0.25, 0.3) is 0 Å². The van der Waals surface area contributed by atoms with Crippen LogP contribution in [0, 0.1) is 5.92 Å². The van der Waals surface area contributed by atoms with E-state index in [-0.39, 0.29) is 0 Å². The second-order valence-electron chi connectivity index (χ2n) is 5.69. The third-order valence-electron chi connectivity index (χ3n) is 4.34. The zero-order chi connectivity index (χ0) is 12.8. The van der Waals surface area contributed by atoms with Gasteiger partial charge in [0.1, 0.15) is 0 Å². The minimum absolute atomic E-state index is 0.418. The fourth-order valence-electron chi connectivity index (χ4n) is 3.21. The summed E-state index contributed by atoms with van der Waals surface area (Å²) in [5, 5.41) is 0.418. The summed E-state index contributed by atoms with van der Waals surface area (Å²) in [5.74, 6) is 1.48. The largest absolute Gasteiger partial charge is 0.123 e. The molecule has 1 heteroatoms. The summed E-state index contributed by atoms with van der Waals surface area (Å²) in [4.78, 5) is 0. The van der Waals surface area contributed by atoms with E-state index in [1.807, 2.05) is 0 Å². The van der Waals surface area contributed by atoms with Crippen molar-refractivity contribution in [3.63, 3.8) is 0 Å². The number of benzene rings is 1. The SMILES string of the molecule is CCCCCC1CC(c2ccccc2)CCC1Cl. The summed E-state index contributed by atoms with van der Waals surface area (Å²) in [6.45, 7) is 2.27. The predicted octanol–water partition coefficient (Wildman–Crippen LogP) is 5.76. The van der Waals surface area contributed by atoms with E-state index in [1.165, 1.54) is 50.5 Å². The van der Waals surface area contributed by atoms with Crippen molar-refractivity contribution < 1.29 is 0 Å². The van der Waals surface area contributed by atoms with Crippen LogP contribution in [-0.4, -0.2) is 5.38 Å². The minimum atomic E-state index is 0.418. The van der Waals surface area contributed by atoms with Crippen LogP contribution in [0.3, 0.4) is 0 Å². The molecule has 3 atom stereocenters. The van der Waals surface area contributed by atoms with Gasteiger partial charge in [-0.05, 0) is 43.1 Å². The number of rotatable bonds is 5. The molecule has 0 aromatic heterocycles. The van der Waals surface area contributed by atoms with Gasteiger partial charge >= 0.3 is 0 Å². The predicted molar refractivity (Wildman–Crippen MR) is 80.3 cm³/mol. The minimum Gasteiger partial charge on any atom is -0.123 e. The van der Waals surface area contributed by atoms with E-state index in [0.29, 0.717) is 5.38 Å². The molecule has 0 N–H and O–H groups in total. The quantitative estimate of drug-likeness (QED) is 0.469. The maximum atomic E-state index is 6.51. The lowest BCUT2D eigenvalue weighted by Gasteiger charge is -2.33. The molecule has 18 heavy (non-hydrogen) atoms. The molecule has 0 spiro atoms. The Labute approximate surface area is 117 Å². The highest BCUT2D eigenvalue weighted by Gasteiger charge is 2.29. The van der Waals surface area contributed by atoms with Crippen LogP contribution in [0.25, 0.3) is 0 Å². The molecule has 1 saturated carbocycles. The van der Waals surface area contributed by atoms with E-state index in [1.54, 1.807) is 0 Å². The summed E-state index contributed by atoms with van der Waals surface area (Å²) in [5.41, 5.74) is 1.52. The van der Waals surface area contributed by atoms with Crippen molar-refractivity contribution in [3.8, 4) is 0 Å². The van der Waals surface area contributed by atoms with Gasteiger partial charge < -0.3 is 0 Å². The molecule has 1 aliphatic rings. The van der Waals surface area contributed by atoms with Crippen molar-refractivity contribution in [1.82, 2.24) is 0 Å². The van der Waals surface area contributed by atoms with Crippen LogP contribution in [0.5, 0.6) is 0 Å². The van der Waals surface area contributed by atoms with Gasteiger partial charge in [-0.3, -0.25) is 0 Å². The second-order valence-corrected chi connectivity index (χ2v) is 6.25. The van der Waals surface area contributed by atoms with Crippen LogP contribution < -0.4 is 0 Å². The molecular formula is C17H25Cl. The van der Waals surface area contributed by atoms with Crippen LogP contribution in [0.15, 0.2) is 30.3 Å². The first-order valence-corrected chi connectivity index (χ1v) is 7.94. The average molecular weight is 265 g/mol. The fourth-order valence-corrected chi connectivity index (χ4v) is 3.57. The smallest absolute Gasteiger partial charge is 0.0364 e. The van der Waals surface area contributed by atoms with E-state index in [9.17, 15) is 0 Å². The van der Waals surface area contributed by atoms with Gasteiger partial charge in [-0.1, -0.05) is 56.5 Å². The van der Waals surface area contributed by atoms with Gasteiger partial charge in [0, 0.05) is 5.38 Å². The van der Waals surface area contributed by atoms with Gasteiger partial charge in [0.15, 0.2) is 0 Å². The lowest BCUT2D eigenvalue weighted by Crippen LogP contribution is -2.24. The molecule has 1 aromatic rings. The van der Waals surface area contributed by atoms with Crippen LogP contribution in [0.4, 0.5) is 0 Å². The third-order valence-corrected chi connectivity index (χ3v) is 4.91. The molecule has 0 amide bonds. The Balaban J connectivity index is 1.91. The fraction of sp³-hybridized carbons (Fsp3) is 0.647. The molecule has 0 bridgehead atoms. The second kappa shape index (κ2) is 7.19. The van der Waals surface area contributed by atoms with Gasteiger partial charge in [-0.25, -0.2) is 0 Å². The van der Waals surface area contributed by atoms with Gasteiger partial charge in [-0.15, -0.1) is 11.6 Å². The Bertz CT molecular complexity index is 333. The first kappa shape index (κ1) is 13.9. The Kier molecular flexibility index (Phi) is 5.56. The van der Waals surface area contributed by atoms with E-state index >= 15 is 0 Å². The van der Waals surface area contributed by atoms with E-state index < -0.39 is 0 Å². The number of unbranched alkanes of at least 4 members (excludes halogenated alkanes) is 2. The van der Waals surface area contributed by atoms with Crippen LogP contribution in [0.1, 0.15) is 63.4 Å². The van der Waals surface area contributed by atoms with Crippen LogP contribution in [0.2, 0.25) is 0 Å². The van der Waals surface area contributed by atoms with Gasteiger partial charge in [0.05, 0.1) is 0 Å². The highest BCUT2D eigenvalue weighted by atomic mass is 35.5. The molecule has 0 aliphatic heterocycles. The molecule has 0 nitrogen and oxygen atoms in total. The Hall–Kier alpha value is -0.490. The molecule has 1 fully saturated rings. The molecule has 100 valence electrons. The van der Waals surface area contributed by atoms with E-state index in [4.69, 9.17) is 11.6 Å². The van der Waals surface area contributed by atoms with E-state index in [0.717, 1.165) is 11.8 Å². The maximum Gasteiger partial charge on any atom is 0.0364 e. The molecule has 3 unspecified atom stereocenters. The molecule has 2 rings (SSSR count). The third kappa shape index (κ3) is 3.75. The highest BCUT2D eigenvalue weighted by molar-refractivity contribution is 6.20. The van der Waals surface area contributed by atoms with Gasteiger partial charge in [0.2, 0.25) is 0 Å². The van der Waals surface area contributed by atoms with Crippen molar-refractivity contribution in [2.24, 2.45) is 5.92 Å². The summed E-state index contributed by atoms with van der Waals surface area (Å²) in [6, 6.07) is 11.0. The van der Waals surface area contributed by atoms with Crippen molar-refractivity contribution in [2.75, 3.05) is 0 Å². The molecule has 0 radical (unpaired) electrons. The maximum absolute atomic E-state index is 6.51. The molecule has 0 heterocycles. The van der Waals surface area contributed by atoms with Crippen molar-refractivity contribution in [2.45, 2.75) is 63.2 Å². The topological polar surface area (TPSA) is 0 Å². The van der Waals surface area contributed by atoms with Crippen LogP contribution in [-0.2, 0) is 0 Å². The summed E-state index contributed by atoms with van der Waals surface area (Å²) in [7, 11) is 0. The summed E-state index contributed by atoms with van der Waals surface area (Å²) < 4.78 is 0. The Morgan fingerprint density at radius 3 is 2.61 bits per heavy atom. The average Bonchev–Trinajstić information content (AvgIpc) is 2.42. The monoisotopic (exact) mass is 264 g/mol. The first-order valence-electron chi connectivity index (χ1n) is 7.50. The number of hydrogen-bond donors (Lipinski definition) is 0. The molecule has 1 aliphatic carbocycles. The van der Waals surface area contributed by atoms with Crippen molar-refractivity contribution in [1.29, 1.82) is 0 Å². The first-order chi connectivity index (χ1) is 8.81. The summed E-state index contributed by atoms with van der Waals surface area (Å²) >= 11 is 6.51. The number of alkyl halides is 1. The van der Waals surface area contributed by atoms with Gasteiger partial charge in [-0.2, -0.15) is 0 Å². The standard InChI is InChI=1S/C17H25Cl/c1-2-3-5-10-16-13-15(11-12-17(16)18)14-8-6-4-7-9-14/h4,6-9,15-17H,2-3,5,10-13H2,1H3. The number of hydrogen-bond acceptors (Lipinski definition) is 0. The normalized spacial score (nSPS) is 28.2. The highest BCUT2D eigenvalue weighted by Crippen LogP contribution is 2.40.